The first-order valence-electron chi connectivity index (χ1n) is 10.8. The van der Waals surface area contributed by atoms with Gasteiger partial charge < -0.3 is 19.7 Å². The number of carbonyl (C=O) groups is 4. The van der Waals surface area contributed by atoms with Crippen LogP contribution in [0.25, 0.3) is 5.76 Å². The zero-order chi connectivity index (χ0) is 25.8. The van der Waals surface area contributed by atoms with Crippen LogP contribution < -0.4 is 9.64 Å². The summed E-state index contributed by atoms with van der Waals surface area (Å²) in [4.78, 5) is 50.3. The van der Waals surface area contributed by atoms with Crippen molar-refractivity contribution in [2.24, 2.45) is 0 Å². The van der Waals surface area contributed by atoms with E-state index in [1.54, 1.807) is 42.5 Å². The molecule has 0 bridgehead atoms. The van der Waals surface area contributed by atoms with E-state index in [0.717, 1.165) is 0 Å². The number of nitrogens with zero attached hydrogens (tertiary/aromatic N) is 1. The van der Waals surface area contributed by atoms with Crippen LogP contribution in [0, 0.1) is 0 Å². The molecule has 0 aliphatic carbocycles. The Hall–Kier alpha value is -4.92. The fraction of sp³-hybridized carbons (Fsp3) is 0.111. The fourth-order valence-electron chi connectivity index (χ4n) is 3.93. The Balaban J connectivity index is 1.82. The van der Waals surface area contributed by atoms with Crippen molar-refractivity contribution in [2.45, 2.75) is 6.04 Å². The highest BCUT2D eigenvalue weighted by atomic mass is 16.5. The summed E-state index contributed by atoms with van der Waals surface area (Å²) in [5, 5.41) is 19.9. The van der Waals surface area contributed by atoms with Crippen molar-refractivity contribution >= 4 is 35.1 Å². The molecule has 9 nitrogen and oxygen atoms in total. The van der Waals surface area contributed by atoms with Gasteiger partial charge in [-0.15, -0.1) is 0 Å². The van der Waals surface area contributed by atoms with Gasteiger partial charge >= 0.3 is 11.9 Å². The van der Waals surface area contributed by atoms with Crippen molar-refractivity contribution < 1.29 is 38.9 Å². The number of ketones is 1. The van der Waals surface area contributed by atoms with E-state index in [-0.39, 0.29) is 22.6 Å². The molecule has 4 rings (SSSR count). The Bertz CT molecular complexity index is 1340. The number of hydrogen-bond acceptors (Lipinski definition) is 7. The number of anilines is 1. The number of hydrogen-bond donors (Lipinski definition) is 2. The smallest absolute Gasteiger partial charge is 0.341 e. The van der Waals surface area contributed by atoms with Gasteiger partial charge in [0.2, 0.25) is 0 Å². The topological polar surface area (TPSA) is 130 Å². The number of carboxylic acids is 1. The second kappa shape index (κ2) is 10.1. The average Bonchev–Trinajstić information content (AvgIpc) is 3.17. The van der Waals surface area contributed by atoms with E-state index in [4.69, 9.17) is 14.6 Å². The zero-order valence-corrected chi connectivity index (χ0v) is 19.1. The first-order chi connectivity index (χ1) is 17.3. The molecule has 1 saturated heterocycles. The molecule has 1 aliphatic rings. The number of rotatable bonds is 7. The number of methoxy groups -OCH3 is 1. The lowest BCUT2D eigenvalue weighted by molar-refractivity contribution is -0.139. The number of amides is 1. The van der Waals surface area contributed by atoms with Crippen molar-refractivity contribution in [3.05, 3.63) is 101 Å². The summed E-state index contributed by atoms with van der Waals surface area (Å²) >= 11 is 0. The van der Waals surface area contributed by atoms with Crippen LogP contribution in [-0.2, 0) is 19.1 Å². The SMILES string of the molecule is COC(=O)c1ccc(C2/C(=C(\O)c3ccccc3)C(=O)C(=O)N2c2ccc(OCC(=O)O)cc2)cc1. The lowest BCUT2D eigenvalue weighted by Crippen LogP contribution is -2.29. The Kier molecular flexibility index (Phi) is 6.82. The lowest BCUT2D eigenvalue weighted by atomic mass is 9.94. The molecule has 36 heavy (non-hydrogen) atoms. The standard InChI is InChI=1S/C27H21NO8/c1-35-27(34)18-9-7-16(8-10-18)23-22(24(31)17-5-3-2-4-6-17)25(32)26(33)28(23)19-11-13-20(14-12-19)36-15-21(29)30/h2-14,23,31H,15H2,1H3,(H,29,30)/b24-22+. The number of benzene rings is 3. The molecule has 1 heterocycles. The van der Waals surface area contributed by atoms with Crippen molar-refractivity contribution in [3.8, 4) is 5.75 Å². The number of ether oxygens (including phenoxy) is 2. The first-order valence-corrected chi connectivity index (χ1v) is 10.8. The average molecular weight is 487 g/mol. The molecule has 0 spiro atoms. The molecule has 1 fully saturated rings. The Labute approximate surface area is 205 Å². The van der Waals surface area contributed by atoms with E-state index >= 15 is 0 Å². The minimum Gasteiger partial charge on any atom is -0.507 e. The van der Waals surface area contributed by atoms with Gasteiger partial charge in [-0.05, 0) is 42.0 Å². The quantitative estimate of drug-likeness (QED) is 0.224. The van der Waals surface area contributed by atoms with Gasteiger partial charge in [0, 0.05) is 11.3 Å². The second-order valence-corrected chi connectivity index (χ2v) is 7.83. The lowest BCUT2D eigenvalue weighted by Gasteiger charge is -2.25. The molecular formula is C27H21NO8. The van der Waals surface area contributed by atoms with Gasteiger partial charge in [-0.25, -0.2) is 9.59 Å². The fourth-order valence-corrected chi connectivity index (χ4v) is 3.93. The van der Waals surface area contributed by atoms with Crippen LogP contribution in [0.15, 0.2) is 84.4 Å². The van der Waals surface area contributed by atoms with E-state index in [2.05, 4.69) is 0 Å². The van der Waals surface area contributed by atoms with E-state index < -0.39 is 36.3 Å². The van der Waals surface area contributed by atoms with Gasteiger partial charge in [-0.3, -0.25) is 14.5 Å². The van der Waals surface area contributed by atoms with Gasteiger partial charge in [0.15, 0.2) is 6.61 Å². The number of Topliss-reactive ketones (excluding diaryl/α,β-unsaturated/α-hetero) is 1. The van der Waals surface area contributed by atoms with Crippen LogP contribution in [0.4, 0.5) is 5.69 Å². The van der Waals surface area contributed by atoms with Crippen LogP contribution in [0.5, 0.6) is 5.75 Å². The third-order valence-electron chi connectivity index (χ3n) is 5.62. The van der Waals surface area contributed by atoms with Gasteiger partial charge in [0.1, 0.15) is 11.5 Å². The summed E-state index contributed by atoms with van der Waals surface area (Å²) in [6, 6.07) is 19.6. The predicted octanol–water partition coefficient (Wildman–Crippen LogP) is 3.56. The van der Waals surface area contributed by atoms with E-state index in [1.807, 2.05) is 0 Å². The molecule has 0 saturated carbocycles. The van der Waals surface area contributed by atoms with Gasteiger partial charge in [-0.2, -0.15) is 0 Å². The monoisotopic (exact) mass is 487 g/mol. The van der Waals surface area contributed by atoms with Crippen molar-refractivity contribution in [1.82, 2.24) is 0 Å². The maximum absolute atomic E-state index is 13.2. The summed E-state index contributed by atoms with van der Waals surface area (Å²) in [7, 11) is 1.26. The zero-order valence-electron chi connectivity index (χ0n) is 19.1. The maximum Gasteiger partial charge on any atom is 0.341 e. The number of aliphatic hydroxyl groups excluding tert-OH is 1. The molecule has 1 unspecified atom stereocenters. The number of aliphatic hydroxyl groups is 1. The molecule has 1 aliphatic heterocycles. The summed E-state index contributed by atoms with van der Waals surface area (Å²) in [6.45, 7) is -0.534. The highest BCUT2D eigenvalue weighted by Gasteiger charge is 2.47. The number of carboxylic acid groups (broad SMARTS) is 1. The molecule has 182 valence electrons. The highest BCUT2D eigenvalue weighted by molar-refractivity contribution is 6.51. The molecule has 1 atom stereocenters. The predicted molar refractivity (Wildman–Crippen MR) is 129 cm³/mol. The van der Waals surface area contributed by atoms with Crippen molar-refractivity contribution in [2.75, 3.05) is 18.6 Å². The minimum atomic E-state index is -1.14. The first kappa shape index (κ1) is 24.2. The summed E-state index contributed by atoms with van der Waals surface area (Å²) in [6.07, 6.45) is 0. The number of esters is 1. The van der Waals surface area contributed by atoms with Crippen LogP contribution in [0.3, 0.4) is 0 Å². The van der Waals surface area contributed by atoms with Crippen LogP contribution in [-0.4, -0.2) is 47.6 Å². The maximum atomic E-state index is 13.2. The molecule has 3 aromatic rings. The van der Waals surface area contributed by atoms with Crippen LogP contribution >= 0.6 is 0 Å². The van der Waals surface area contributed by atoms with Crippen molar-refractivity contribution in [3.63, 3.8) is 0 Å². The third kappa shape index (κ3) is 4.67. The van der Waals surface area contributed by atoms with E-state index in [0.29, 0.717) is 16.8 Å². The molecule has 0 aromatic heterocycles. The van der Waals surface area contributed by atoms with Gasteiger partial charge in [-0.1, -0.05) is 42.5 Å². The van der Waals surface area contributed by atoms with Gasteiger partial charge in [0.25, 0.3) is 11.7 Å². The molecule has 9 heteroatoms. The van der Waals surface area contributed by atoms with Crippen molar-refractivity contribution in [1.29, 1.82) is 0 Å². The van der Waals surface area contributed by atoms with E-state index in [1.165, 1.54) is 48.4 Å². The summed E-state index contributed by atoms with van der Waals surface area (Å²) in [5.74, 6) is -3.47. The number of carbonyl (C=O) groups excluding carboxylic acids is 3. The van der Waals surface area contributed by atoms with Crippen LogP contribution in [0.1, 0.15) is 27.5 Å². The van der Waals surface area contributed by atoms with Crippen LogP contribution in [0.2, 0.25) is 0 Å². The molecular weight excluding hydrogens is 466 g/mol. The summed E-state index contributed by atoms with van der Waals surface area (Å²) in [5.41, 5.74) is 1.34. The minimum absolute atomic E-state index is 0.108. The third-order valence-corrected chi connectivity index (χ3v) is 5.62. The Morgan fingerprint density at radius 2 is 1.50 bits per heavy atom. The highest BCUT2D eigenvalue weighted by Crippen LogP contribution is 2.42. The second-order valence-electron chi connectivity index (χ2n) is 7.83. The molecule has 2 N–H and O–H groups in total. The number of aliphatic carboxylic acids is 1. The normalized spacial score (nSPS) is 16.6. The largest absolute Gasteiger partial charge is 0.507 e. The summed E-state index contributed by atoms with van der Waals surface area (Å²) < 4.78 is 9.88. The van der Waals surface area contributed by atoms with E-state index in [9.17, 15) is 24.3 Å². The Morgan fingerprint density at radius 3 is 2.08 bits per heavy atom. The molecule has 0 radical (unpaired) electrons. The molecule has 3 aromatic carbocycles. The molecule has 1 amide bonds. The Morgan fingerprint density at radius 1 is 0.861 bits per heavy atom. The van der Waals surface area contributed by atoms with Gasteiger partial charge in [0.05, 0.1) is 24.3 Å².